The summed E-state index contributed by atoms with van der Waals surface area (Å²) in [7, 11) is 0. The highest BCUT2D eigenvalue weighted by Crippen LogP contribution is 2.26. The van der Waals surface area contributed by atoms with Crippen LogP contribution in [0.3, 0.4) is 0 Å². The summed E-state index contributed by atoms with van der Waals surface area (Å²) in [6.07, 6.45) is 4.39. The first-order chi connectivity index (χ1) is 13.9. The topological polar surface area (TPSA) is 84.5 Å². The summed E-state index contributed by atoms with van der Waals surface area (Å²) < 4.78 is 2.66. The van der Waals surface area contributed by atoms with Crippen LogP contribution in [0.2, 0.25) is 0 Å². The van der Waals surface area contributed by atoms with Gasteiger partial charge in [0, 0.05) is 31.2 Å². The van der Waals surface area contributed by atoms with Crippen LogP contribution >= 0.6 is 0 Å². The van der Waals surface area contributed by atoms with Crippen LogP contribution in [0.1, 0.15) is 25.8 Å². The van der Waals surface area contributed by atoms with Crippen molar-refractivity contribution in [3.05, 3.63) is 52.7 Å². The molecule has 8 nitrogen and oxygen atoms in total. The molecule has 4 rings (SSSR count). The normalized spacial score (nSPS) is 19.5. The molecule has 0 spiro atoms. The summed E-state index contributed by atoms with van der Waals surface area (Å²) in [4.78, 5) is 31.9. The molecule has 0 bridgehead atoms. The standard InChI is InChI=1S/C21H26N6O2/c1-14-4-6-17(7-5-14)23-18(28)13-27-21(29)26-9-8-22-19(20(26)24-27)25-11-15(2)10-16(3)12-25/h4-9,15-16H,10-13H2,1-3H3,(H,23,28)/t15-,16-/m0/s1. The summed E-state index contributed by atoms with van der Waals surface area (Å²) in [5.74, 6) is 1.50. The minimum absolute atomic E-state index is 0.152. The molecule has 8 heteroatoms. The Hall–Kier alpha value is -3.16. The second-order valence-electron chi connectivity index (χ2n) is 8.15. The first-order valence-electron chi connectivity index (χ1n) is 9.96. The number of amides is 1. The third kappa shape index (κ3) is 4.01. The largest absolute Gasteiger partial charge is 0.353 e. The minimum atomic E-state index is -0.346. The summed E-state index contributed by atoms with van der Waals surface area (Å²) in [6, 6.07) is 7.51. The molecule has 1 aliphatic heterocycles. The minimum Gasteiger partial charge on any atom is -0.353 e. The summed E-state index contributed by atoms with van der Waals surface area (Å²) in [5.41, 5.74) is 1.94. The fraction of sp³-hybridized carbons (Fsp3) is 0.429. The Morgan fingerprint density at radius 2 is 1.86 bits per heavy atom. The van der Waals surface area contributed by atoms with Crippen LogP contribution in [0, 0.1) is 18.8 Å². The third-order valence-corrected chi connectivity index (χ3v) is 5.28. The van der Waals surface area contributed by atoms with E-state index in [1.54, 1.807) is 12.4 Å². The lowest BCUT2D eigenvalue weighted by atomic mass is 9.92. The number of carbonyl (C=O) groups is 1. The van der Waals surface area contributed by atoms with E-state index in [9.17, 15) is 9.59 Å². The predicted molar refractivity (Wildman–Crippen MR) is 112 cm³/mol. The molecule has 1 amide bonds. The first kappa shape index (κ1) is 19.2. The molecule has 1 N–H and O–H groups in total. The molecular weight excluding hydrogens is 368 g/mol. The van der Waals surface area contributed by atoms with Crippen molar-refractivity contribution in [2.75, 3.05) is 23.3 Å². The Balaban J connectivity index is 1.59. The van der Waals surface area contributed by atoms with Crippen LogP contribution < -0.4 is 15.9 Å². The van der Waals surface area contributed by atoms with E-state index in [1.807, 2.05) is 31.2 Å². The molecule has 0 aliphatic carbocycles. The molecule has 1 saturated heterocycles. The van der Waals surface area contributed by atoms with E-state index in [-0.39, 0.29) is 18.1 Å². The second kappa shape index (κ2) is 7.69. The van der Waals surface area contributed by atoms with Gasteiger partial charge in [-0.2, -0.15) is 0 Å². The third-order valence-electron chi connectivity index (χ3n) is 5.28. The number of nitrogens with one attached hydrogen (secondary N) is 1. The molecule has 0 unspecified atom stereocenters. The number of aromatic nitrogens is 4. The Kier molecular flexibility index (Phi) is 5.08. The second-order valence-corrected chi connectivity index (χ2v) is 8.15. The molecular formula is C21H26N6O2. The van der Waals surface area contributed by atoms with Crippen molar-refractivity contribution in [1.82, 2.24) is 19.2 Å². The highest BCUT2D eigenvalue weighted by Gasteiger charge is 2.25. The molecule has 1 aliphatic rings. The van der Waals surface area contributed by atoms with Crippen LogP contribution in [0.5, 0.6) is 0 Å². The number of rotatable bonds is 4. The zero-order valence-corrected chi connectivity index (χ0v) is 17.0. The number of benzene rings is 1. The molecule has 1 aromatic carbocycles. The maximum Gasteiger partial charge on any atom is 0.350 e. The van der Waals surface area contributed by atoms with E-state index in [4.69, 9.17) is 0 Å². The predicted octanol–water partition coefficient (Wildman–Crippen LogP) is 2.32. The fourth-order valence-corrected chi connectivity index (χ4v) is 4.07. The van der Waals surface area contributed by atoms with Crippen LogP contribution in [-0.4, -0.2) is 38.2 Å². The van der Waals surface area contributed by atoms with Gasteiger partial charge in [0.15, 0.2) is 5.82 Å². The van der Waals surface area contributed by atoms with Crippen molar-refractivity contribution in [3.63, 3.8) is 0 Å². The zero-order chi connectivity index (χ0) is 20.5. The average molecular weight is 394 g/mol. The molecule has 3 aromatic rings. The molecule has 0 saturated carbocycles. The highest BCUT2D eigenvalue weighted by atomic mass is 16.2. The number of hydrogen-bond donors (Lipinski definition) is 1. The van der Waals surface area contributed by atoms with Crippen molar-refractivity contribution in [2.24, 2.45) is 11.8 Å². The van der Waals surface area contributed by atoms with Crippen LogP contribution in [0.25, 0.3) is 5.65 Å². The van der Waals surface area contributed by atoms with Gasteiger partial charge in [0.25, 0.3) is 0 Å². The van der Waals surface area contributed by atoms with Gasteiger partial charge < -0.3 is 10.2 Å². The zero-order valence-electron chi connectivity index (χ0n) is 17.0. The molecule has 1 fully saturated rings. The van der Waals surface area contributed by atoms with Crippen LogP contribution in [0.4, 0.5) is 11.5 Å². The van der Waals surface area contributed by atoms with Gasteiger partial charge in [-0.3, -0.25) is 4.79 Å². The molecule has 152 valence electrons. The lowest BCUT2D eigenvalue weighted by molar-refractivity contribution is -0.117. The average Bonchev–Trinajstić information content (AvgIpc) is 2.98. The summed E-state index contributed by atoms with van der Waals surface area (Å²) >= 11 is 0. The van der Waals surface area contributed by atoms with Gasteiger partial charge in [-0.15, -0.1) is 5.10 Å². The Morgan fingerprint density at radius 3 is 2.55 bits per heavy atom. The first-order valence-corrected chi connectivity index (χ1v) is 9.96. The lowest BCUT2D eigenvalue weighted by Crippen LogP contribution is -2.39. The van der Waals surface area contributed by atoms with E-state index >= 15 is 0 Å². The van der Waals surface area contributed by atoms with Gasteiger partial charge in [0.2, 0.25) is 11.6 Å². The Bertz CT molecular complexity index is 1070. The SMILES string of the molecule is Cc1ccc(NC(=O)Cn2nc3c(N4C[C@@H](C)C[C@H](C)C4)nccn3c2=O)cc1. The van der Waals surface area contributed by atoms with Crippen LogP contribution in [0.15, 0.2) is 41.5 Å². The fourth-order valence-electron chi connectivity index (χ4n) is 4.07. The molecule has 0 radical (unpaired) electrons. The van der Waals surface area contributed by atoms with Crippen molar-refractivity contribution < 1.29 is 4.79 Å². The number of anilines is 2. The number of hydrogen-bond acceptors (Lipinski definition) is 5. The van der Waals surface area contributed by atoms with Gasteiger partial charge in [-0.05, 0) is 37.3 Å². The maximum absolute atomic E-state index is 12.8. The smallest absolute Gasteiger partial charge is 0.350 e. The number of carbonyl (C=O) groups excluding carboxylic acids is 1. The van der Waals surface area contributed by atoms with Crippen molar-refractivity contribution >= 4 is 23.1 Å². The monoisotopic (exact) mass is 394 g/mol. The van der Waals surface area contributed by atoms with E-state index in [1.165, 1.54) is 15.5 Å². The van der Waals surface area contributed by atoms with Crippen LogP contribution in [-0.2, 0) is 11.3 Å². The van der Waals surface area contributed by atoms with Crippen molar-refractivity contribution in [1.29, 1.82) is 0 Å². The van der Waals surface area contributed by atoms with Gasteiger partial charge in [-0.1, -0.05) is 31.5 Å². The number of fused-ring (bicyclic) bond motifs is 1. The highest BCUT2D eigenvalue weighted by molar-refractivity contribution is 5.90. The van der Waals surface area contributed by atoms with Crippen molar-refractivity contribution in [3.8, 4) is 0 Å². The molecule has 29 heavy (non-hydrogen) atoms. The summed E-state index contributed by atoms with van der Waals surface area (Å²) in [5, 5.41) is 7.24. The Morgan fingerprint density at radius 1 is 1.17 bits per heavy atom. The van der Waals surface area contributed by atoms with Crippen molar-refractivity contribution in [2.45, 2.75) is 33.7 Å². The number of piperidine rings is 1. The maximum atomic E-state index is 12.8. The lowest BCUT2D eigenvalue weighted by Gasteiger charge is -2.35. The van der Waals surface area contributed by atoms with E-state index < -0.39 is 0 Å². The molecule has 2 atom stereocenters. The van der Waals surface area contributed by atoms with Gasteiger partial charge in [0.05, 0.1) is 0 Å². The number of aryl methyl sites for hydroxylation is 1. The Labute approximate surface area is 169 Å². The van der Waals surface area contributed by atoms with E-state index in [0.717, 1.165) is 18.7 Å². The number of nitrogens with zero attached hydrogens (tertiary/aromatic N) is 5. The summed E-state index contributed by atoms with van der Waals surface area (Å²) in [6.45, 7) is 8.04. The van der Waals surface area contributed by atoms with E-state index in [2.05, 4.69) is 34.1 Å². The van der Waals surface area contributed by atoms with Gasteiger partial charge in [0.1, 0.15) is 6.54 Å². The van der Waals surface area contributed by atoms with Gasteiger partial charge in [-0.25, -0.2) is 18.9 Å². The van der Waals surface area contributed by atoms with Gasteiger partial charge >= 0.3 is 5.69 Å². The van der Waals surface area contributed by atoms with E-state index in [0.29, 0.717) is 29.0 Å². The quantitative estimate of drug-likeness (QED) is 0.734. The molecule has 3 heterocycles. The molecule has 2 aromatic heterocycles.